The molecule has 0 bridgehead atoms. The molecule has 4 aromatic rings. The Labute approximate surface area is 207 Å². The monoisotopic (exact) mass is 506 g/mol. The fraction of sp³-hybridized carbons (Fsp3) is 0.115. The number of thioether (sulfide) groups is 1. The summed E-state index contributed by atoms with van der Waals surface area (Å²) in [4.78, 5) is 16.2. The van der Waals surface area contributed by atoms with Crippen LogP contribution in [0.25, 0.3) is 0 Å². The largest absolute Gasteiger partial charge is 0.280 e. The maximum absolute atomic E-state index is 13.5. The van der Waals surface area contributed by atoms with Gasteiger partial charge in [-0.25, -0.2) is 8.42 Å². The van der Waals surface area contributed by atoms with Crippen LogP contribution in [0.2, 0.25) is 0 Å². The van der Waals surface area contributed by atoms with Gasteiger partial charge in [-0.05, 0) is 71.8 Å². The van der Waals surface area contributed by atoms with E-state index in [2.05, 4.69) is 16.9 Å². The van der Waals surface area contributed by atoms with E-state index in [1.807, 2.05) is 53.4 Å². The summed E-state index contributed by atoms with van der Waals surface area (Å²) in [6.07, 6.45) is 1.79. The lowest BCUT2D eigenvalue weighted by Gasteiger charge is -2.25. The van der Waals surface area contributed by atoms with E-state index < -0.39 is 10.0 Å². The molecule has 1 aliphatic rings. The Morgan fingerprint density at radius 1 is 0.853 bits per heavy atom. The lowest BCUT2D eigenvalue weighted by atomic mass is 10.0. The first-order chi connectivity index (χ1) is 16.5. The standard InChI is InChI=1S/C26H22N2O3S3/c29-25(28-23-8-3-1-6-19(23)11-12-20-7-2-4-9-24(20)28)18-33-22-15-13-21(14-16-22)27-34(30,31)26-10-5-17-32-26/h1-10,13-17,27H,11-12,18H2. The number of nitrogens with one attached hydrogen (secondary N) is 1. The number of carbonyl (C=O) groups is 1. The predicted octanol–water partition coefficient (Wildman–Crippen LogP) is 6.10. The van der Waals surface area contributed by atoms with Crippen LogP contribution >= 0.6 is 23.1 Å². The van der Waals surface area contributed by atoms with Crippen molar-refractivity contribution in [3.8, 4) is 0 Å². The molecule has 1 amide bonds. The highest BCUT2D eigenvalue weighted by molar-refractivity contribution is 8.00. The van der Waals surface area contributed by atoms with E-state index in [9.17, 15) is 13.2 Å². The molecule has 0 atom stereocenters. The van der Waals surface area contributed by atoms with Gasteiger partial charge >= 0.3 is 0 Å². The molecule has 34 heavy (non-hydrogen) atoms. The number of rotatable bonds is 6. The summed E-state index contributed by atoms with van der Waals surface area (Å²) in [5.41, 5.74) is 4.70. The highest BCUT2D eigenvalue weighted by Crippen LogP contribution is 2.37. The Balaban J connectivity index is 1.31. The molecule has 1 N–H and O–H groups in total. The molecule has 0 saturated carbocycles. The van der Waals surface area contributed by atoms with Crippen LogP contribution in [0.15, 0.2) is 99.4 Å². The molecule has 5 rings (SSSR count). The zero-order valence-electron chi connectivity index (χ0n) is 18.2. The van der Waals surface area contributed by atoms with Crippen LogP contribution < -0.4 is 9.62 Å². The fourth-order valence-electron chi connectivity index (χ4n) is 4.00. The second-order valence-electron chi connectivity index (χ2n) is 7.84. The number of fused-ring (bicyclic) bond motifs is 2. The van der Waals surface area contributed by atoms with Crippen LogP contribution in [0.5, 0.6) is 0 Å². The molecule has 0 radical (unpaired) electrons. The SMILES string of the molecule is O=C(CSc1ccc(NS(=O)(=O)c2cccs2)cc1)N1c2ccccc2CCc2ccccc21. The average Bonchev–Trinajstić information content (AvgIpc) is 3.35. The number of thiophene rings is 1. The molecule has 0 aliphatic carbocycles. The molecule has 3 aromatic carbocycles. The van der Waals surface area contributed by atoms with Crippen LogP contribution in [0.4, 0.5) is 17.1 Å². The van der Waals surface area contributed by atoms with Crippen LogP contribution in [0.1, 0.15) is 11.1 Å². The molecule has 5 nitrogen and oxygen atoms in total. The predicted molar refractivity (Wildman–Crippen MR) is 140 cm³/mol. The van der Waals surface area contributed by atoms with E-state index in [4.69, 9.17) is 0 Å². The van der Waals surface area contributed by atoms with Gasteiger partial charge in [-0.3, -0.25) is 14.4 Å². The molecular formula is C26H22N2O3S3. The molecule has 0 unspecified atom stereocenters. The molecule has 8 heteroatoms. The van der Waals surface area contributed by atoms with Crippen LogP contribution in [-0.4, -0.2) is 20.1 Å². The molecule has 1 aliphatic heterocycles. The van der Waals surface area contributed by atoms with Gasteiger partial charge in [-0.15, -0.1) is 23.1 Å². The number of benzene rings is 3. The van der Waals surface area contributed by atoms with Crippen molar-refractivity contribution in [1.29, 1.82) is 0 Å². The van der Waals surface area contributed by atoms with Crippen molar-refractivity contribution in [3.63, 3.8) is 0 Å². The number of hydrogen-bond acceptors (Lipinski definition) is 5. The number of sulfonamides is 1. The molecular weight excluding hydrogens is 484 g/mol. The van der Waals surface area contributed by atoms with E-state index >= 15 is 0 Å². The summed E-state index contributed by atoms with van der Waals surface area (Å²) >= 11 is 2.61. The average molecular weight is 507 g/mol. The number of anilines is 3. The summed E-state index contributed by atoms with van der Waals surface area (Å²) in [7, 11) is -3.58. The zero-order valence-corrected chi connectivity index (χ0v) is 20.6. The molecule has 0 saturated heterocycles. The third kappa shape index (κ3) is 4.75. The van der Waals surface area contributed by atoms with Crippen molar-refractivity contribution >= 4 is 56.1 Å². The quantitative estimate of drug-likeness (QED) is 0.321. The van der Waals surface area contributed by atoms with Crippen molar-refractivity contribution in [1.82, 2.24) is 0 Å². The van der Waals surface area contributed by atoms with E-state index in [-0.39, 0.29) is 15.9 Å². The zero-order chi connectivity index (χ0) is 23.5. The number of hydrogen-bond donors (Lipinski definition) is 1. The fourth-order valence-corrected chi connectivity index (χ4v) is 6.80. The van der Waals surface area contributed by atoms with Crippen LogP contribution in [0.3, 0.4) is 0 Å². The maximum atomic E-state index is 13.5. The van der Waals surface area contributed by atoms with Gasteiger partial charge in [0.2, 0.25) is 5.91 Å². The lowest BCUT2D eigenvalue weighted by Crippen LogP contribution is -2.28. The van der Waals surface area contributed by atoms with E-state index in [0.717, 1.165) is 29.1 Å². The van der Waals surface area contributed by atoms with Crippen molar-refractivity contribution in [3.05, 3.63) is 101 Å². The molecule has 172 valence electrons. The second-order valence-corrected chi connectivity index (χ2v) is 11.7. The number of aryl methyl sites for hydroxylation is 2. The summed E-state index contributed by atoms with van der Waals surface area (Å²) in [6.45, 7) is 0. The van der Waals surface area contributed by atoms with E-state index in [1.165, 1.54) is 34.2 Å². The van der Waals surface area contributed by atoms with Gasteiger partial charge in [0.15, 0.2) is 0 Å². The number of amides is 1. The maximum Gasteiger partial charge on any atom is 0.271 e. The third-order valence-corrected chi connectivity index (χ3v) is 9.38. The van der Waals surface area contributed by atoms with E-state index in [0.29, 0.717) is 5.69 Å². The molecule has 2 heterocycles. The first-order valence-corrected chi connectivity index (χ1v) is 14.1. The van der Waals surface area contributed by atoms with Gasteiger partial charge in [-0.1, -0.05) is 42.5 Å². The van der Waals surface area contributed by atoms with Crippen molar-refractivity contribution in [2.45, 2.75) is 21.9 Å². The summed E-state index contributed by atoms with van der Waals surface area (Å²) < 4.78 is 27.7. The second kappa shape index (κ2) is 9.66. The Morgan fingerprint density at radius 3 is 2.06 bits per heavy atom. The van der Waals surface area contributed by atoms with Gasteiger partial charge < -0.3 is 0 Å². The van der Waals surface area contributed by atoms with Crippen molar-refractivity contribution in [2.75, 3.05) is 15.4 Å². The summed E-state index contributed by atoms with van der Waals surface area (Å²) in [5, 5.41) is 1.73. The van der Waals surface area contributed by atoms with E-state index in [1.54, 1.807) is 29.6 Å². The topological polar surface area (TPSA) is 66.5 Å². The third-order valence-electron chi connectivity index (χ3n) is 5.61. The Kier molecular flexibility index (Phi) is 6.45. The van der Waals surface area contributed by atoms with Gasteiger partial charge in [0, 0.05) is 10.6 Å². The van der Waals surface area contributed by atoms with Crippen LogP contribution in [-0.2, 0) is 27.7 Å². The van der Waals surface area contributed by atoms with Gasteiger partial charge in [0.1, 0.15) is 4.21 Å². The van der Waals surface area contributed by atoms with Crippen molar-refractivity contribution in [2.24, 2.45) is 0 Å². The van der Waals surface area contributed by atoms with Gasteiger partial charge in [-0.2, -0.15) is 0 Å². The highest BCUT2D eigenvalue weighted by atomic mass is 32.2. The molecule has 1 aromatic heterocycles. The highest BCUT2D eigenvalue weighted by Gasteiger charge is 2.25. The lowest BCUT2D eigenvalue weighted by molar-refractivity contribution is -0.115. The Hall–Kier alpha value is -3.07. The Morgan fingerprint density at radius 2 is 1.47 bits per heavy atom. The van der Waals surface area contributed by atoms with Crippen molar-refractivity contribution < 1.29 is 13.2 Å². The molecule has 0 spiro atoms. The number of nitrogens with zero attached hydrogens (tertiary/aromatic N) is 1. The normalized spacial score (nSPS) is 13.0. The number of para-hydroxylation sites is 2. The molecule has 0 fully saturated rings. The van der Waals surface area contributed by atoms with Gasteiger partial charge in [0.05, 0.1) is 17.1 Å². The summed E-state index contributed by atoms with van der Waals surface area (Å²) in [6, 6.07) is 26.5. The first kappa shape index (κ1) is 22.7. The minimum atomic E-state index is -3.58. The minimum Gasteiger partial charge on any atom is -0.280 e. The van der Waals surface area contributed by atoms with Gasteiger partial charge in [0.25, 0.3) is 10.0 Å². The minimum absolute atomic E-state index is 0.00859. The Bertz CT molecular complexity index is 1370. The number of carbonyl (C=O) groups excluding carboxylic acids is 1. The first-order valence-electron chi connectivity index (χ1n) is 10.8. The smallest absolute Gasteiger partial charge is 0.271 e. The van der Waals surface area contributed by atoms with Crippen LogP contribution in [0, 0.1) is 0 Å². The summed E-state index contributed by atoms with van der Waals surface area (Å²) in [5.74, 6) is 0.275.